The minimum absolute atomic E-state index is 0.0668. The fourth-order valence-corrected chi connectivity index (χ4v) is 4.21. The van der Waals surface area contributed by atoms with E-state index in [2.05, 4.69) is 10.6 Å². The first-order chi connectivity index (χ1) is 16.3. The van der Waals surface area contributed by atoms with Crippen LogP contribution in [0.25, 0.3) is 28.5 Å². The van der Waals surface area contributed by atoms with Gasteiger partial charge >= 0.3 is 0 Å². The first-order valence-electron chi connectivity index (χ1n) is 10.4. The fraction of sp³-hybridized carbons (Fsp3) is 0.0741. The molecule has 4 rings (SSSR count). The number of aryl methyl sites for hydroxylation is 1. The van der Waals surface area contributed by atoms with Crippen molar-refractivity contribution in [3.05, 3.63) is 115 Å². The Balaban J connectivity index is 1.67. The maximum atomic E-state index is 10.9. The summed E-state index contributed by atoms with van der Waals surface area (Å²) in [5, 5.41) is 21.5. The van der Waals surface area contributed by atoms with Gasteiger partial charge in [-0.05, 0) is 84.6 Å². The highest BCUT2D eigenvalue weighted by Gasteiger charge is 2.12. The van der Waals surface area contributed by atoms with E-state index < -0.39 is 4.92 Å². The van der Waals surface area contributed by atoms with Gasteiger partial charge in [-0.1, -0.05) is 41.4 Å². The number of hydrogen-bond donors (Lipinski definition) is 0. The SMILES string of the molecule is Cc1cc(/C=C(/C#N)c2ccc(Cl)c(Cl)c2)c(C)n1-c1ccc(-c2ccc([N+](=O)[O-])cc2)cc1. The minimum Gasteiger partial charge on any atom is -0.318 e. The van der Waals surface area contributed by atoms with Gasteiger partial charge in [0.1, 0.15) is 0 Å². The van der Waals surface area contributed by atoms with Crippen LogP contribution < -0.4 is 0 Å². The number of rotatable bonds is 5. The van der Waals surface area contributed by atoms with Crippen molar-refractivity contribution in [3.8, 4) is 22.9 Å². The first kappa shape index (κ1) is 23.3. The number of hydrogen-bond acceptors (Lipinski definition) is 3. The van der Waals surface area contributed by atoms with E-state index in [1.807, 2.05) is 50.3 Å². The first-order valence-corrected chi connectivity index (χ1v) is 11.2. The zero-order valence-electron chi connectivity index (χ0n) is 18.4. The van der Waals surface area contributed by atoms with Gasteiger partial charge in [0.15, 0.2) is 0 Å². The van der Waals surface area contributed by atoms with E-state index in [1.54, 1.807) is 30.3 Å². The van der Waals surface area contributed by atoms with Crippen molar-refractivity contribution < 1.29 is 4.92 Å². The van der Waals surface area contributed by atoms with Crippen molar-refractivity contribution >= 4 is 40.5 Å². The molecule has 0 aliphatic heterocycles. The topological polar surface area (TPSA) is 71.9 Å². The Hall–Kier alpha value is -3.85. The van der Waals surface area contributed by atoms with Gasteiger partial charge in [0.2, 0.25) is 0 Å². The third-order valence-electron chi connectivity index (χ3n) is 5.66. The molecular weight excluding hydrogens is 469 g/mol. The van der Waals surface area contributed by atoms with Gasteiger partial charge in [-0.25, -0.2) is 0 Å². The van der Waals surface area contributed by atoms with Crippen LogP contribution in [0.2, 0.25) is 10.0 Å². The Kier molecular flexibility index (Phi) is 6.56. The van der Waals surface area contributed by atoms with Gasteiger partial charge < -0.3 is 4.57 Å². The third-order valence-corrected chi connectivity index (χ3v) is 6.40. The van der Waals surface area contributed by atoms with Crippen LogP contribution in [0.15, 0.2) is 72.8 Å². The lowest BCUT2D eigenvalue weighted by Crippen LogP contribution is -1.99. The number of non-ortho nitro benzene ring substituents is 1. The van der Waals surface area contributed by atoms with Crippen molar-refractivity contribution in [2.24, 2.45) is 0 Å². The van der Waals surface area contributed by atoms with Crippen LogP contribution in [-0.2, 0) is 0 Å². The number of halogens is 2. The average Bonchev–Trinajstić information content (AvgIpc) is 3.12. The zero-order valence-corrected chi connectivity index (χ0v) is 19.9. The molecule has 0 fully saturated rings. The number of allylic oxidation sites excluding steroid dienone is 1. The summed E-state index contributed by atoms with van der Waals surface area (Å²) >= 11 is 12.1. The van der Waals surface area contributed by atoms with Crippen molar-refractivity contribution in [2.45, 2.75) is 13.8 Å². The monoisotopic (exact) mass is 487 g/mol. The Morgan fingerprint density at radius 1 is 0.941 bits per heavy atom. The van der Waals surface area contributed by atoms with Crippen LogP contribution >= 0.6 is 23.2 Å². The number of nitriles is 1. The number of aromatic nitrogens is 1. The van der Waals surface area contributed by atoms with E-state index in [-0.39, 0.29) is 5.69 Å². The molecule has 4 aromatic rings. The molecule has 0 spiro atoms. The van der Waals surface area contributed by atoms with E-state index in [0.29, 0.717) is 21.2 Å². The van der Waals surface area contributed by atoms with Crippen molar-refractivity contribution in [3.63, 3.8) is 0 Å². The summed E-state index contributed by atoms with van der Waals surface area (Å²) in [6.45, 7) is 4.02. The highest BCUT2D eigenvalue weighted by Crippen LogP contribution is 2.30. The highest BCUT2D eigenvalue weighted by atomic mass is 35.5. The standard InChI is InChI=1S/C27H19Cl2N3O2/c1-17-13-22(14-23(16-30)21-7-12-26(28)27(29)15-21)18(2)31(17)24-8-3-19(4-9-24)20-5-10-25(11-6-20)32(33)34/h3-15H,1-2H3/b23-14-. The van der Waals surface area contributed by atoms with Gasteiger partial charge in [-0.15, -0.1) is 0 Å². The van der Waals surface area contributed by atoms with Crippen LogP contribution in [0.1, 0.15) is 22.5 Å². The Morgan fingerprint density at radius 3 is 2.12 bits per heavy atom. The van der Waals surface area contributed by atoms with E-state index in [1.165, 1.54) is 12.1 Å². The lowest BCUT2D eigenvalue weighted by atomic mass is 10.0. The summed E-state index contributed by atoms with van der Waals surface area (Å²) < 4.78 is 2.12. The summed E-state index contributed by atoms with van der Waals surface area (Å²) in [6.07, 6.45) is 1.85. The van der Waals surface area contributed by atoms with Gasteiger partial charge in [-0.3, -0.25) is 10.1 Å². The molecule has 0 bridgehead atoms. The molecule has 0 N–H and O–H groups in total. The molecule has 168 valence electrons. The molecular formula is C27H19Cl2N3O2. The molecule has 0 atom stereocenters. The van der Waals surface area contributed by atoms with E-state index in [9.17, 15) is 15.4 Å². The summed E-state index contributed by atoms with van der Waals surface area (Å²) in [5.74, 6) is 0. The molecule has 3 aromatic carbocycles. The molecule has 1 heterocycles. The second-order valence-electron chi connectivity index (χ2n) is 7.81. The molecule has 0 radical (unpaired) electrons. The maximum absolute atomic E-state index is 10.9. The molecule has 0 aliphatic carbocycles. The third kappa shape index (κ3) is 4.60. The van der Waals surface area contributed by atoms with Gasteiger partial charge in [0, 0.05) is 29.2 Å². The van der Waals surface area contributed by atoms with Crippen LogP contribution in [0.5, 0.6) is 0 Å². The lowest BCUT2D eigenvalue weighted by molar-refractivity contribution is -0.384. The summed E-state index contributed by atoms with van der Waals surface area (Å²) in [5.41, 5.74) is 7.06. The van der Waals surface area contributed by atoms with Crippen LogP contribution in [0, 0.1) is 35.3 Å². The van der Waals surface area contributed by atoms with Crippen molar-refractivity contribution in [1.29, 1.82) is 5.26 Å². The molecule has 0 saturated carbocycles. The quantitative estimate of drug-likeness (QED) is 0.162. The minimum atomic E-state index is -0.407. The van der Waals surface area contributed by atoms with E-state index >= 15 is 0 Å². The van der Waals surface area contributed by atoms with E-state index in [4.69, 9.17) is 23.2 Å². The zero-order chi connectivity index (χ0) is 24.4. The smallest absolute Gasteiger partial charge is 0.269 e. The molecule has 0 saturated heterocycles. The predicted molar refractivity (Wildman–Crippen MR) is 137 cm³/mol. The second kappa shape index (κ2) is 9.56. The summed E-state index contributed by atoms with van der Waals surface area (Å²) in [4.78, 5) is 10.5. The van der Waals surface area contributed by atoms with Crippen LogP contribution in [0.4, 0.5) is 5.69 Å². The van der Waals surface area contributed by atoms with Crippen LogP contribution in [0.3, 0.4) is 0 Å². The molecule has 0 aliphatic rings. The number of nitrogens with zero attached hydrogens (tertiary/aromatic N) is 3. The van der Waals surface area contributed by atoms with E-state index in [0.717, 1.165) is 33.8 Å². The Bertz CT molecular complexity index is 1460. The lowest BCUT2D eigenvalue weighted by Gasteiger charge is -2.11. The highest BCUT2D eigenvalue weighted by molar-refractivity contribution is 6.42. The predicted octanol–water partition coefficient (Wildman–Crippen LogP) is 8.04. The normalized spacial score (nSPS) is 11.3. The Morgan fingerprint density at radius 2 is 1.56 bits per heavy atom. The number of nitro benzene ring substituents is 1. The van der Waals surface area contributed by atoms with Crippen LogP contribution in [-0.4, -0.2) is 9.49 Å². The molecule has 5 nitrogen and oxygen atoms in total. The van der Waals surface area contributed by atoms with Gasteiger partial charge in [0.25, 0.3) is 5.69 Å². The largest absolute Gasteiger partial charge is 0.318 e. The molecule has 0 unspecified atom stereocenters. The van der Waals surface area contributed by atoms with Crippen molar-refractivity contribution in [2.75, 3.05) is 0 Å². The second-order valence-corrected chi connectivity index (χ2v) is 8.63. The number of nitro groups is 1. The maximum Gasteiger partial charge on any atom is 0.269 e. The fourth-order valence-electron chi connectivity index (χ4n) is 3.91. The Labute approximate surface area is 207 Å². The summed E-state index contributed by atoms with van der Waals surface area (Å²) in [7, 11) is 0. The van der Waals surface area contributed by atoms with Crippen molar-refractivity contribution in [1.82, 2.24) is 4.57 Å². The summed E-state index contributed by atoms with van der Waals surface area (Å²) in [6, 6.07) is 23.9. The van der Waals surface area contributed by atoms with Gasteiger partial charge in [-0.2, -0.15) is 5.26 Å². The molecule has 34 heavy (non-hydrogen) atoms. The molecule has 7 heteroatoms. The van der Waals surface area contributed by atoms with Gasteiger partial charge in [0.05, 0.1) is 26.6 Å². The number of benzene rings is 3. The average molecular weight is 488 g/mol. The molecule has 0 amide bonds. The molecule has 1 aromatic heterocycles.